The molecule has 0 fully saturated rings. The lowest BCUT2D eigenvalue weighted by molar-refractivity contribution is 0.0994. The second-order valence-corrected chi connectivity index (χ2v) is 4.58. The van der Waals surface area contributed by atoms with Crippen LogP contribution in [0.1, 0.15) is 33.3 Å². The monoisotopic (exact) mass is 288 g/mol. The second kappa shape index (κ2) is 5.66. The van der Waals surface area contributed by atoms with Crippen LogP contribution in [0.15, 0.2) is 27.8 Å². The molecule has 2 rings (SSSR count). The highest BCUT2D eigenvalue weighted by Gasteiger charge is 2.18. The third-order valence-corrected chi connectivity index (χ3v) is 2.99. The van der Waals surface area contributed by atoms with Crippen LogP contribution < -0.4 is 11.1 Å². The maximum atomic E-state index is 12.2. The van der Waals surface area contributed by atoms with E-state index in [1.54, 1.807) is 39.0 Å². The molecule has 1 aromatic carbocycles. The number of benzene rings is 1. The molecule has 1 heterocycles. The zero-order chi connectivity index (χ0) is 15.6. The highest BCUT2D eigenvalue weighted by atomic mass is 16.4. The van der Waals surface area contributed by atoms with Gasteiger partial charge in [0, 0.05) is 12.5 Å². The molecule has 0 saturated carbocycles. The molecular weight excluding hydrogens is 272 g/mol. The molecule has 1 aromatic heterocycles. The molecule has 0 saturated heterocycles. The quantitative estimate of drug-likeness (QED) is 0.345. The van der Waals surface area contributed by atoms with E-state index in [-0.39, 0.29) is 11.6 Å². The minimum absolute atomic E-state index is 0.0751. The van der Waals surface area contributed by atoms with E-state index in [4.69, 9.17) is 15.4 Å². The lowest BCUT2D eigenvalue weighted by Crippen LogP contribution is -2.20. The molecule has 4 N–H and O–H groups in total. The Kier molecular flexibility index (Phi) is 3.93. The Balaban J connectivity index is 2.38. The van der Waals surface area contributed by atoms with Crippen LogP contribution in [-0.4, -0.2) is 21.9 Å². The molecule has 110 valence electrons. The minimum atomic E-state index is -0.439. The molecule has 0 unspecified atom stereocenters. The van der Waals surface area contributed by atoms with E-state index in [0.717, 1.165) is 5.56 Å². The predicted octanol–water partition coefficient (Wildman–Crippen LogP) is 1.95. The van der Waals surface area contributed by atoms with E-state index in [0.29, 0.717) is 22.8 Å². The van der Waals surface area contributed by atoms with E-state index in [1.165, 1.54) is 0 Å². The Labute approximate surface area is 121 Å². The summed E-state index contributed by atoms with van der Waals surface area (Å²) < 4.78 is 5.27. The molecule has 0 aliphatic carbocycles. The van der Waals surface area contributed by atoms with Gasteiger partial charge in [-0.2, -0.15) is 0 Å². The van der Waals surface area contributed by atoms with Gasteiger partial charge in [-0.05, 0) is 25.5 Å². The van der Waals surface area contributed by atoms with Gasteiger partial charge in [0.15, 0.2) is 11.7 Å². The van der Waals surface area contributed by atoms with E-state index >= 15 is 0 Å². The molecule has 1 amide bonds. The van der Waals surface area contributed by atoms with E-state index in [1.807, 2.05) is 0 Å². The zero-order valence-electron chi connectivity index (χ0n) is 12.0. The van der Waals surface area contributed by atoms with Crippen molar-refractivity contribution in [3.05, 3.63) is 46.7 Å². The fourth-order valence-electron chi connectivity index (χ4n) is 2.08. The van der Waals surface area contributed by atoms with Gasteiger partial charge in [0.2, 0.25) is 5.76 Å². The Morgan fingerprint density at radius 1 is 1.38 bits per heavy atom. The molecule has 0 radical (unpaired) electrons. The maximum Gasteiger partial charge on any atom is 0.293 e. The van der Waals surface area contributed by atoms with Crippen molar-refractivity contribution in [3.63, 3.8) is 0 Å². The van der Waals surface area contributed by atoms with Crippen LogP contribution in [0.5, 0.6) is 0 Å². The largest absolute Gasteiger partial charge is 0.436 e. The maximum absolute atomic E-state index is 12.2. The third-order valence-electron chi connectivity index (χ3n) is 2.99. The summed E-state index contributed by atoms with van der Waals surface area (Å²) >= 11 is 0. The summed E-state index contributed by atoms with van der Waals surface area (Å²) in [5, 5.41) is 14.5. The fourth-order valence-corrected chi connectivity index (χ4v) is 2.08. The van der Waals surface area contributed by atoms with Gasteiger partial charge in [0.05, 0.1) is 11.4 Å². The highest BCUT2D eigenvalue weighted by Crippen LogP contribution is 2.21. The number of aromatic nitrogens is 1. The number of oxime groups is 1. The number of nitrogens with two attached hydrogens (primary N) is 1. The molecule has 2 aromatic rings. The number of anilines is 1. The average molecular weight is 288 g/mol. The minimum Gasteiger partial charge on any atom is -0.436 e. The number of amidine groups is 1. The predicted molar refractivity (Wildman–Crippen MR) is 77.6 cm³/mol. The number of hydrogen-bond donors (Lipinski definition) is 3. The fraction of sp³-hybridized carbons (Fsp3) is 0.214. The number of amides is 1. The number of nitrogens with zero attached hydrogens (tertiary/aromatic N) is 2. The van der Waals surface area contributed by atoms with Crippen molar-refractivity contribution in [3.8, 4) is 0 Å². The third kappa shape index (κ3) is 2.86. The molecule has 21 heavy (non-hydrogen) atoms. The Morgan fingerprint density at radius 2 is 2.10 bits per heavy atom. The summed E-state index contributed by atoms with van der Waals surface area (Å²) in [6.45, 7) is 5.15. The van der Waals surface area contributed by atoms with Gasteiger partial charge in [-0.1, -0.05) is 17.3 Å². The van der Waals surface area contributed by atoms with Crippen molar-refractivity contribution in [1.29, 1.82) is 0 Å². The van der Waals surface area contributed by atoms with Crippen molar-refractivity contribution in [2.75, 3.05) is 5.32 Å². The van der Waals surface area contributed by atoms with Crippen molar-refractivity contribution in [1.82, 2.24) is 4.98 Å². The van der Waals surface area contributed by atoms with Crippen LogP contribution >= 0.6 is 0 Å². The van der Waals surface area contributed by atoms with Crippen LogP contribution in [0.3, 0.4) is 0 Å². The topological polar surface area (TPSA) is 114 Å². The van der Waals surface area contributed by atoms with Crippen LogP contribution in [0, 0.1) is 20.8 Å². The van der Waals surface area contributed by atoms with Gasteiger partial charge in [-0.25, -0.2) is 4.98 Å². The molecule has 0 aliphatic rings. The average Bonchev–Trinajstić information content (AvgIpc) is 2.77. The molecule has 0 bridgehead atoms. The number of carbonyl (C=O) groups is 1. The van der Waals surface area contributed by atoms with Gasteiger partial charge < -0.3 is 20.7 Å². The number of rotatable bonds is 3. The number of nitrogens with one attached hydrogen (secondary N) is 1. The molecular formula is C14H16N4O3. The summed E-state index contributed by atoms with van der Waals surface area (Å²) in [4.78, 5) is 16.3. The van der Waals surface area contributed by atoms with Gasteiger partial charge in [-0.3, -0.25) is 4.79 Å². The lowest BCUT2D eigenvalue weighted by atomic mass is 10.1. The number of hydrogen-bond acceptors (Lipinski definition) is 5. The second-order valence-electron chi connectivity index (χ2n) is 4.58. The molecule has 0 atom stereocenters. The van der Waals surface area contributed by atoms with Crippen LogP contribution in [0.25, 0.3) is 0 Å². The first-order chi connectivity index (χ1) is 9.93. The summed E-state index contributed by atoms with van der Waals surface area (Å²) in [5.74, 6) is 0.0394. The lowest BCUT2D eigenvalue weighted by Gasteiger charge is -2.11. The van der Waals surface area contributed by atoms with Gasteiger partial charge in [0.25, 0.3) is 5.91 Å². The standard InChI is InChI=1S/C14H16N4O3/c1-7-5-4-6-10(11(7)13(15)18-20)17-14(19)12-8(2)16-9(3)21-12/h4-6,20H,1-3H3,(H2,15,18)(H,17,19). The van der Waals surface area contributed by atoms with Crippen LogP contribution in [-0.2, 0) is 0 Å². The summed E-state index contributed by atoms with van der Waals surface area (Å²) in [5.41, 5.74) is 7.83. The van der Waals surface area contributed by atoms with Crippen LogP contribution in [0.4, 0.5) is 5.69 Å². The number of oxazole rings is 1. The zero-order valence-corrected chi connectivity index (χ0v) is 12.0. The van der Waals surface area contributed by atoms with E-state index in [9.17, 15) is 4.79 Å². The van der Waals surface area contributed by atoms with Gasteiger partial charge in [0.1, 0.15) is 0 Å². The van der Waals surface area contributed by atoms with Gasteiger partial charge >= 0.3 is 0 Å². The Hall–Kier alpha value is -2.83. The normalized spacial score (nSPS) is 11.5. The summed E-state index contributed by atoms with van der Waals surface area (Å²) in [6, 6.07) is 5.22. The molecule has 0 aliphatic heterocycles. The first-order valence-electron chi connectivity index (χ1n) is 6.27. The van der Waals surface area contributed by atoms with Crippen molar-refractivity contribution >= 4 is 17.4 Å². The van der Waals surface area contributed by atoms with Crippen molar-refractivity contribution in [2.24, 2.45) is 10.9 Å². The Morgan fingerprint density at radius 3 is 2.67 bits per heavy atom. The number of aryl methyl sites for hydroxylation is 3. The summed E-state index contributed by atoms with van der Waals surface area (Å²) in [7, 11) is 0. The SMILES string of the molecule is Cc1nc(C)c(C(=O)Nc2cccc(C)c2/C(N)=N/O)o1. The van der Waals surface area contributed by atoms with Gasteiger partial charge in [-0.15, -0.1) is 0 Å². The number of carbonyl (C=O) groups excluding carboxylic acids is 1. The summed E-state index contributed by atoms with van der Waals surface area (Å²) in [6.07, 6.45) is 0. The van der Waals surface area contributed by atoms with Crippen LogP contribution in [0.2, 0.25) is 0 Å². The smallest absolute Gasteiger partial charge is 0.293 e. The highest BCUT2D eigenvalue weighted by molar-refractivity contribution is 6.09. The molecule has 7 heteroatoms. The van der Waals surface area contributed by atoms with E-state index < -0.39 is 5.91 Å². The Bertz CT molecular complexity index is 719. The first kappa shape index (κ1) is 14.6. The van der Waals surface area contributed by atoms with E-state index in [2.05, 4.69) is 15.5 Å². The van der Waals surface area contributed by atoms with Crippen molar-refractivity contribution in [2.45, 2.75) is 20.8 Å². The molecule has 0 spiro atoms. The van der Waals surface area contributed by atoms with Crippen molar-refractivity contribution < 1.29 is 14.4 Å². The first-order valence-corrected chi connectivity index (χ1v) is 6.27. The molecule has 7 nitrogen and oxygen atoms in total.